The molecule has 152 valence electrons. The highest BCUT2D eigenvalue weighted by molar-refractivity contribution is 7.86. The Kier molecular flexibility index (Phi) is 6.66. The first-order chi connectivity index (χ1) is 13.5. The molecule has 0 atom stereocenters. The number of nitrogens with one attached hydrogen (secondary N) is 1. The predicted molar refractivity (Wildman–Crippen MR) is 112 cm³/mol. The molecule has 3 rings (SSSR count). The molecule has 1 amide bonds. The van der Waals surface area contributed by atoms with Crippen molar-refractivity contribution in [1.29, 1.82) is 0 Å². The highest BCUT2D eigenvalue weighted by atomic mass is 32.2. The molecule has 0 unspecified atom stereocenters. The van der Waals surface area contributed by atoms with E-state index < -0.39 is 10.2 Å². The van der Waals surface area contributed by atoms with Crippen LogP contribution in [0.4, 0.5) is 5.69 Å². The molecule has 0 saturated carbocycles. The fourth-order valence-corrected chi connectivity index (χ4v) is 5.16. The van der Waals surface area contributed by atoms with Gasteiger partial charge in [0.2, 0.25) is 5.91 Å². The second kappa shape index (κ2) is 9.00. The van der Waals surface area contributed by atoms with Crippen LogP contribution in [-0.4, -0.2) is 73.6 Å². The predicted octanol–water partition coefficient (Wildman–Crippen LogP) is 1.98. The van der Waals surface area contributed by atoms with E-state index in [9.17, 15) is 13.2 Å². The van der Waals surface area contributed by atoms with Crippen molar-refractivity contribution in [2.45, 2.75) is 13.8 Å². The van der Waals surface area contributed by atoms with Gasteiger partial charge in [-0.15, -0.1) is 0 Å². The van der Waals surface area contributed by atoms with Crippen LogP contribution in [0.1, 0.15) is 13.8 Å². The van der Waals surface area contributed by atoms with E-state index in [1.54, 1.807) is 0 Å². The number of nitrogens with zero attached hydrogens (tertiary/aromatic N) is 3. The number of rotatable bonds is 7. The fourth-order valence-electron chi connectivity index (χ4n) is 3.56. The van der Waals surface area contributed by atoms with Gasteiger partial charge >= 0.3 is 0 Å². The van der Waals surface area contributed by atoms with Gasteiger partial charge in [0.15, 0.2) is 0 Å². The van der Waals surface area contributed by atoms with E-state index in [0.29, 0.717) is 39.3 Å². The van der Waals surface area contributed by atoms with E-state index in [1.165, 1.54) is 8.61 Å². The quantitative estimate of drug-likeness (QED) is 0.766. The number of anilines is 1. The normalized spacial score (nSPS) is 16.5. The first-order valence-corrected chi connectivity index (χ1v) is 11.1. The molecule has 0 bridgehead atoms. The van der Waals surface area contributed by atoms with Gasteiger partial charge in [0.25, 0.3) is 10.2 Å². The van der Waals surface area contributed by atoms with Gasteiger partial charge < -0.3 is 5.32 Å². The molecule has 2 aromatic rings. The Morgan fingerprint density at radius 3 is 2.32 bits per heavy atom. The summed E-state index contributed by atoms with van der Waals surface area (Å²) in [6.07, 6.45) is 0. The van der Waals surface area contributed by atoms with Crippen molar-refractivity contribution in [3.8, 4) is 0 Å². The van der Waals surface area contributed by atoms with Gasteiger partial charge in [-0.25, -0.2) is 0 Å². The van der Waals surface area contributed by atoms with Crippen molar-refractivity contribution >= 4 is 32.6 Å². The lowest BCUT2D eigenvalue weighted by molar-refractivity contribution is -0.117. The minimum atomic E-state index is -3.41. The molecule has 1 heterocycles. The van der Waals surface area contributed by atoms with Crippen LogP contribution < -0.4 is 5.32 Å². The molecule has 1 fully saturated rings. The smallest absolute Gasteiger partial charge is 0.282 e. The van der Waals surface area contributed by atoms with E-state index >= 15 is 0 Å². The summed E-state index contributed by atoms with van der Waals surface area (Å²) in [5.41, 5.74) is 0.797. The highest BCUT2D eigenvalue weighted by Gasteiger charge is 2.31. The number of benzene rings is 2. The van der Waals surface area contributed by atoms with Gasteiger partial charge in [-0.05, 0) is 11.5 Å². The molecule has 1 aliphatic heterocycles. The van der Waals surface area contributed by atoms with Crippen molar-refractivity contribution in [1.82, 2.24) is 13.5 Å². The number of carbonyl (C=O) groups excluding carboxylic acids is 1. The first-order valence-electron chi connectivity index (χ1n) is 9.71. The first kappa shape index (κ1) is 20.7. The summed E-state index contributed by atoms with van der Waals surface area (Å²) in [5, 5.41) is 5.08. The van der Waals surface area contributed by atoms with Crippen LogP contribution in [0, 0.1) is 0 Å². The van der Waals surface area contributed by atoms with Crippen LogP contribution in [0.5, 0.6) is 0 Å². The van der Waals surface area contributed by atoms with E-state index in [1.807, 2.05) is 61.2 Å². The van der Waals surface area contributed by atoms with Crippen molar-refractivity contribution < 1.29 is 13.2 Å². The van der Waals surface area contributed by atoms with E-state index in [4.69, 9.17) is 0 Å². The summed E-state index contributed by atoms with van der Waals surface area (Å²) in [7, 11) is -3.41. The monoisotopic (exact) mass is 404 g/mol. The Labute approximate surface area is 167 Å². The second-order valence-corrected chi connectivity index (χ2v) is 8.77. The van der Waals surface area contributed by atoms with Crippen LogP contribution in [0.2, 0.25) is 0 Å². The molecule has 8 heteroatoms. The van der Waals surface area contributed by atoms with Gasteiger partial charge in [-0.3, -0.25) is 9.69 Å². The van der Waals surface area contributed by atoms with Crippen LogP contribution >= 0.6 is 0 Å². The van der Waals surface area contributed by atoms with E-state index in [2.05, 4.69) is 5.32 Å². The third-order valence-electron chi connectivity index (χ3n) is 5.12. The number of piperazine rings is 1. The Balaban J connectivity index is 1.57. The van der Waals surface area contributed by atoms with E-state index in [0.717, 1.165) is 16.5 Å². The molecule has 0 aromatic heterocycles. The zero-order valence-electron chi connectivity index (χ0n) is 16.5. The van der Waals surface area contributed by atoms with Crippen molar-refractivity contribution in [2.75, 3.05) is 51.1 Å². The van der Waals surface area contributed by atoms with Crippen LogP contribution in [-0.2, 0) is 15.0 Å². The third kappa shape index (κ3) is 4.52. The molecular formula is C20H28N4O3S. The molecule has 0 spiro atoms. The van der Waals surface area contributed by atoms with Crippen LogP contribution in [0.15, 0.2) is 42.5 Å². The standard InChI is InChI=1S/C20H28N4O3S/c1-3-23(4-2)28(26,27)24-14-12-22(13-15-24)16-20(25)21-19-11-7-9-17-8-5-6-10-18(17)19/h5-11H,3-4,12-16H2,1-2H3,(H,21,25). The number of carbonyl (C=O) groups is 1. The molecule has 1 aliphatic rings. The van der Waals surface area contributed by atoms with Gasteiger partial charge in [-0.1, -0.05) is 50.2 Å². The Morgan fingerprint density at radius 2 is 1.64 bits per heavy atom. The average molecular weight is 405 g/mol. The Hall–Kier alpha value is -2.00. The highest BCUT2D eigenvalue weighted by Crippen LogP contribution is 2.23. The minimum absolute atomic E-state index is 0.0867. The maximum Gasteiger partial charge on any atom is 0.282 e. The van der Waals surface area contributed by atoms with Gasteiger partial charge in [0.05, 0.1) is 6.54 Å². The SMILES string of the molecule is CCN(CC)S(=O)(=O)N1CCN(CC(=O)Nc2cccc3ccccc23)CC1. The van der Waals surface area contributed by atoms with Gasteiger partial charge in [-0.2, -0.15) is 17.0 Å². The number of amides is 1. The minimum Gasteiger partial charge on any atom is -0.324 e. The molecular weight excluding hydrogens is 376 g/mol. The fraction of sp³-hybridized carbons (Fsp3) is 0.450. The summed E-state index contributed by atoms with van der Waals surface area (Å²) < 4.78 is 28.2. The third-order valence-corrected chi connectivity index (χ3v) is 7.31. The maximum absolute atomic E-state index is 12.6. The Bertz CT molecular complexity index is 915. The summed E-state index contributed by atoms with van der Waals surface area (Å²) in [5.74, 6) is -0.0867. The topological polar surface area (TPSA) is 73.0 Å². The number of hydrogen-bond donors (Lipinski definition) is 1. The Morgan fingerprint density at radius 1 is 1.00 bits per heavy atom. The van der Waals surface area contributed by atoms with Gasteiger partial charge in [0.1, 0.15) is 0 Å². The molecule has 1 saturated heterocycles. The summed E-state index contributed by atoms with van der Waals surface area (Å²) in [6, 6.07) is 13.8. The van der Waals surface area contributed by atoms with Crippen LogP contribution in [0.25, 0.3) is 10.8 Å². The summed E-state index contributed by atoms with van der Waals surface area (Å²) in [4.78, 5) is 14.5. The van der Waals surface area contributed by atoms with Crippen molar-refractivity contribution in [3.63, 3.8) is 0 Å². The lowest BCUT2D eigenvalue weighted by atomic mass is 10.1. The lowest BCUT2D eigenvalue weighted by Crippen LogP contribution is -2.54. The summed E-state index contributed by atoms with van der Waals surface area (Å²) in [6.45, 7) is 6.76. The lowest BCUT2D eigenvalue weighted by Gasteiger charge is -2.35. The number of fused-ring (bicyclic) bond motifs is 1. The van der Waals surface area contributed by atoms with Gasteiger partial charge in [0, 0.05) is 50.3 Å². The molecule has 0 aliphatic carbocycles. The molecule has 7 nitrogen and oxygen atoms in total. The van der Waals surface area contributed by atoms with Crippen LogP contribution in [0.3, 0.4) is 0 Å². The maximum atomic E-state index is 12.6. The second-order valence-electron chi connectivity index (χ2n) is 6.84. The largest absolute Gasteiger partial charge is 0.324 e. The zero-order valence-corrected chi connectivity index (χ0v) is 17.3. The molecule has 1 N–H and O–H groups in total. The molecule has 2 aromatic carbocycles. The number of hydrogen-bond acceptors (Lipinski definition) is 4. The average Bonchev–Trinajstić information content (AvgIpc) is 2.69. The molecule has 28 heavy (non-hydrogen) atoms. The van der Waals surface area contributed by atoms with Crippen molar-refractivity contribution in [3.05, 3.63) is 42.5 Å². The summed E-state index contributed by atoms with van der Waals surface area (Å²) >= 11 is 0. The van der Waals surface area contributed by atoms with E-state index in [-0.39, 0.29) is 12.5 Å². The zero-order chi connectivity index (χ0) is 20.1. The van der Waals surface area contributed by atoms with Crippen molar-refractivity contribution in [2.24, 2.45) is 0 Å². The molecule has 0 radical (unpaired) electrons.